The monoisotopic (exact) mass is 602 g/mol. The second-order valence-electron chi connectivity index (χ2n) is 9.33. The first-order chi connectivity index (χ1) is 19.9. The summed E-state index contributed by atoms with van der Waals surface area (Å²) in [4.78, 5) is 60.7. The maximum Gasteiger partial charge on any atom is 0.303 e. The Balaban J connectivity index is 1.70. The molecule has 2 aromatic carbocycles. The molecule has 0 aliphatic carbocycles. The van der Waals surface area contributed by atoms with Gasteiger partial charge in [0.1, 0.15) is 30.3 Å². The third-order valence-electron chi connectivity index (χ3n) is 6.10. The second kappa shape index (κ2) is 13.0. The van der Waals surface area contributed by atoms with Crippen molar-refractivity contribution in [1.82, 2.24) is 0 Å². The van der Waals surface area contributed by atoms with E-state index in [1.54, 1.807) is 24.3 Å². The minimum Gasteiger partial charge on any atom is -0.463 e. The summed E-state index contributed by atoms with van der Waals surface area (Å²) in [7, 11) is 0. The minimum atomic E-state index is -1.44. The van der Waals surface area contributed by atoms with Crippen LogP contribution in [0.2, 0.25) is 5.02 Å². The van der Waals surface area contributed by atoms with Gasteiger partial charge in [-0.15, -0.1) is 0 Å². The summed E-state index contributed by atoms with van der Waals surface area (Å²) < 4.78 is 38.9. The van der Waals surface area contributed by atoms with Crippen LogP contribution in [0.3, 0.4) is 0 Å². The van der Waals surface area contributed by atoms with Gasteiger partial charge in [-0.25, -0.2) is 0 Å². The summed E-state index contributed by atoms with van der Waals surface area (Å²) in [5.41, 5.74) is 0.832. The fourth-order valence-electron chi connectivity index (χ4n) is 4.43. The smallest absolute Gasteiger partial charge is 0.303 e. The highest BCUT2D eigenvalue weighted by Gasteiger charge is 2.53. The molecule has 1 aromatic heterocycles. The van der Waals surface area contributed by atoms with E-state index in [1.807, 2.05) is 0 Å². The molecule has 222 valence electrons. The zero-order valence-corrected chi connectivity index (χ0v) is 23.7. The third-order valence-corrected chi connectivity index (χ3v) is 6.35. The lowest BCUT2D eigenvalue weighted by Gasteiger charge is -2.43. The molecule has 0 saturated carbocycles. The number of carbonyl (C=O) groups excluding carboxylic acids is 4. The fourth-order valence-corrected chi connectivity index (χ4v) is 4.55. The summed E-state index contributed by atoms with van der Waals surface area (Å²) >= 11 is 5.95. The van der Waals surface area contributed by atoms with Crippen LogP contribution in [0.1, 0.15) is 27.7 Å². The SMILES string of the molecule is CC(=O)OC[C@@H]1O[C@H](Oc2ccc3c(=O)c(-c4ccc(Cl)cc4)coc3c2)[C@H](OC(C)=O)[C@@H](OC(C)=O)[C@@H]1OC(C)=O. The van der Waals surface area contributed by atoms with E-state index < -0.39 is 61.2 Å². The lowest BCUT2D eigenvalue weighted by atomic mass is 9.98. The largest absolute Gasteiger partial charge is 0.463 e. The zero-order valence-electron chi connectivity index (χ0n) is 23.0. The van der Waals surface area contributed by atoms with Crippen LogP contribution in [0.15, 0.2) is 57.9 Å². The molecule has 3 aromatic rings. The quantitative estimate of drug-likeness (QED) is 0.273. The van der Waals surface area contributed by atoms with Crippen molar-refractivity contribution in [3.05, 3.63) is 64.0 Å². The van der Waals surface area contributed by atoms with Crippen LogP contribution in [0.25, 0.3) is 22.1 Å². The molecule has 1 aliphatic rings. The van der Waals surface area contributed by atoms with E-state index in [0.29, 0.717) is 16.1 Å². The highest BCUT2D eigenvalue weighted by molar-refractivity contribution is 6.30. The number of halogens is 1. The van der Waals surface area contributed by atoms with Gasteiger partial charge in [-0.05, 0) is 29.8 Å². The third kappa shape index (κ3) is 7.25. The van der Waals surface area contributed by atoms with Crippen LogP contribution in [0.5, 0.6) is 5.75 Å². The van der Waals surface area contributed by atoms with Crippen LogP contribution < -0.4 is 10.2 Å². The second-order valence-corrected chi connectivity index (χ2v) is 9.77. The summed E-state index contributed by atoms with van der Waals surface area (Å²) in [5, 5.41) is 0.782. The van der Waals surface area contributed by atoms with Crippen molar-refractivity contribution >= 4 is 46.4 Å². The molecule has 13 heteroatoms. The van der Waals surface area contributed by atoms with Crippen molar-refractivity contribution in [2.75, 3.05) is 6.61 Å². The molecular weight excluding hydrogens is 576 g/mol. The van der Waals surface area contributed by atoms with Gasteiger partial charge in [-0.1, -0.05) is 23.7 Å². The molecule has 5 atom stereocenters. The van der Waals surface area contributed by atoms with E-state index in [4.69, 9.17) is 44.4 Å². The number of hydrogen-bond donors (Lipinski definition) is 0. The molecule has 0 radical (unpaired) electrons. The first kappa shape index (κ1) is 30.5. The Morgan fingerprint density at radius 1 is 0.810 bits per heavy atom. The maximum atomic E-state index is 13.2. The molecule has 4 rings (SSSR count). The van der Waals surface area contributed by atoms with E-state index in [1.165, 1.54) is 31.4 Å². The number of fused-ring (bicyclic) bond motifs is 1. The standard InChI is InChI=1S/C29H27ClO12/c1-14(31)36-13-24-26(38-15(2)32)27(39-16(3)33)28(40-17(4)34)29(42-24)41-20-9-10-21-23(11-20)37-12-22(25(21)35)18-5-7-19(30)8-6-18/h5-12,24,26-29H,13H2,1-4H3/t24-,26+,27-,28+,29-/m0/s1. The van der Waals surface area contributed by atoms with Crippen molar-refractivity contribution < 1.29 is 52.0 Å². The molecular formula is C29H27ClO12. The number of ether oxygens (including phenoxy) is 6. The molecule has 0 spiro atoms. The van der Waals surface area contributed by atoms with Crippen LogP contribution in [0.4, 0.5) is 0 Å². The Bertz CT molecular complexity index is 1550. The number of carbonyl (C=O) groups is 4. The molecule has 0 unspecified atom stereocenters. The Hall–Kier alpha value is -4.42. The Kier molecular flexibility index (Phi) is 9.48. The van der Waals surface area contributed by atoms with Gasteiger partial charge in [-0.3, -0.25) is 24.0 Å². The summed E-state index contributed by atoms with van der Waals surface area (Å²) in [5.74, 6) is -2.81. The first-order valence-corrected chi connectivity index (χ1v) is 13.1. The van der Waals surface area contributed by atoms with Crippen molar-refractivity contribution in [2.45, 2.75) is 58.4 Å². The number of rotatable bonds is 8. The van der Waals surface area contributed by atoms with Crippen LogP contribution in [-0.4, -0.2) is 61.2 Å². The van der Waals surface area contributed by atoms with Crippen LogP contribution in [0, 0.1) is 0 Å². The highest BCUT2D eigenvalue weighted by atomic mass is 35.5. The number of esters is 4. The van der Waals surface area contributed by atoms with Gasteiger partial charge < -0.3 is 32.8 Å². The van der Waals surface area contributed by atoms with Crippen molar-refractivity contribution in [3.8, 4) is 16.9 Å². The highest BCUT2D eigenvalue weighted by Crippen LogP contribution is 2.32. The average molecular weight is 603 g/mol. The molecule has 0 bridgehead atoms. The molecule has 1 saturated heterocycles. The van der Waals surface area contributed by atoms with E-state index in [2.05, 4.69) is 0 Å². The van der Waals surface area contributed by atoms with Crippen LogP contribution in [-0.2, 0) is 42.9 Å². The minimum absolute atomic E-state index is 0.130. The predicted octanol–water partition coefficient (Wildman–Crippen LogP) is 3.58. The molecule has 12 nitrogen and oxygen atoms in total. The summed E-state index contributed by atoms with van der Waals surface area (Å²) in [6.07, 6.45) is -5.45. The lowest BCUT2D eigenvalue weighted by molar-refractivity contribution is -0.288. The van der Waals surface area contributed by atoms with Gasteiger partial charge >= 0.3 is 23.9 Å². The van der Waals surface area contributed by atoms with Gasteiger partial charge in [0.05, 0.1) is 10.9 Å². The molecule has 42 heavy (non-hydrogen) atoms. The summed E-state index contributed by atoms with van der Waals surface area (Å²) in [6.45, 7) is 4.13. The normalized spacial score (nSPS) is 21.7. The van der Waals surface area contributed by atoms with E-state index in [0.717, 1.165) is 20.8 Å². The Morgan fingerprint density at radius 3 is 2.05 bits per heavy atom. The van der Waals surface area contributed by atoms with E-state index >= 15 is 0 Å². The molecule has 2 heterocycles. The van der Waals surface area contributed by atoms with Crippen LogP contribution >= 0.6 is 11.6 Å². The van der Waals surface area contributed by atoms with Gasteiger partial charge in [0.25, 0.3) is 0 Å². The molecule has 1 fully saturated rings. The van der Waals surface area contributed by atoms with E-state index in [9.17, 15) is 24.0 Å². The van der Waals surface area contributed by atoms with Crippen molar-refractivity contribution in [3.63, 3.8) is 0 Å². The van der Waals surface area contributed by atoms with Crippen molar-refractivity contribution in [2.24, 2.45) is 0 Å². The predicted molar refractivity (Wildman–Crippen MR) is 146 cm³/mol. The maximum absolute atomic E-state index is 13.2. The topological polar surface area (TPSA) is 154 Å². The summed E-state index contributed by atoms with van der Waals surface area (Å²) in [6, 6.07) is 11.1. The van der Waals surface area contributed by atoms with Crippen molar-refractivity contribution in [1.29, 1.82) is 0 Å². The van der Waals surface area contributed by atoms with Gasteiger partial charge in [-0.2, -0.15) is 0 Å². The number of benzene rings is 2. The molecule has 0 amide bonds. The zero-order chi connectivity index (χ0) is 30.6. The van der Waals surface area contributed by atoms with Gasteiger partial charge in [0, 0.05) is 38.8 Å². The lowest BCUT2D eigenvalue weighted by Crippen LogP contribution is -2.63. The number of hydrogen-bond acceptors (Lipinski definition) is 12. The fraction of sp³-hybridized carbons (Fsp3) is 0.345. The molecule has 1 aliphatic heterocycles. The Morgan fingerprint density at radius 2 is 1.43 bits per heavy atom. The molecule has 0 N–H and O–H groups in total. The Labute approximate surface area is 244 Å². The van der Waals surface area contributed by atoms with Gasteiger partial charge in [0.2, 0.25) is 12.4 Å². The van der Waals surface area contributed by atoms with E-state index in [-0.39, 0.29) is 22.1 Å². The first-order valence-electron chi connectivity index (χ1n) is 12.7. The van der Waals surface area contributed by atoms with Gasteiger partial charge in [0.15, 0.2) is 17.6 Å². The average Bonchev–Trinajstić information content (AvgIpc) is 2.91.